The van der Waals surface area contributed by atoms with Crippen LogP contribution in [0.4, 0.5) is 5.69 Å². The Balaban J connectivity index is 2.70. The number of methoxy groups -OCH3 is 1. The number of rotatable bonds is 10. The summed E-state index contributed by atoms with van der Waals surface area (Å²) in [6, 6.07) is 4.57. The van der Waals surface area contributed by atoms with Gasteiger partial charge in [-0.3, -0.25) is 4.79 Å². The standard InChI is InChI=1S/C16H23NO6/c1-4-22-5-6-23-11(2)15(18)17-14-8-12(10-21-3)7-13(9-14)16(19)20/h7-9,11H,4-6,10H2,1-3H3,(H,17,18)(H,19,20). The predicted molar refractivity (Wildman–Crippen MR) is 84.7 cm³/mol. The molecule has 1 unspecified atom stereocenters. The van der Waals surface area contributed by atoms with Crippen LogP contribution < -0.4 is 5.32 Å². The maximum absolute atomic E-state index is 12.1. The highest BCUT2D eigenvalue weighted by molar-refractivity contribution is 5.96. The predicted octanol–water partition coefficient (Wildman–Crippen LogP) is 1.91. The molecule has 0 saturated carbocycles. The Hall–Kier alpha value is -1.96. The molecule has 0 aliphatic heterocycles. The number of amides is 1. The topological polar surface area (TPSA) is 94.1 Å². The molecule has 0 fully saturated rings. The Morgan fingerprint density at radius 1 is 1.26 bits per heavy atom. The van der Waals surface area contributed by atoms with Crippen molar-refractivity contribution in [1.29, 1.82) is 0 Å². The molecule has 0 saturated heterocycles. The minimum Gasteiger partial charge on any atom is -0.478 e. The van der Waals surface area contributed by atoms with E-state index >= 15 is 0 Å². The van der Waals surface area contributed by atoms with Crippen LogP contribution >= 0.6 is 0 Å². The monoisotopic (exact) mass is 325 g/mol. The van der Waals surface area contributed by atoms with Crippen molar-refractivity contribution >= 4 is 17.6 Å². The molecule has 0 aliphatic rings. The molecule has 0 radical (unpaired) electrons. The maximum atomic E-state index is 12.1. The lowest BCUT2D eigenvalue weighted by Gasteiger charge is -2.14. The molecule has 7 heteroatoms. The molecule has 1 atom stereocenters. The van der Waals surface area contributed by atoms with E-state index in [0.29, 0.717) is 31.1 Å². The number of carboxylic acids is 1. The van der Waals surface area contributed by atoms with Crippen LogP contribution in [0.15, 0.2) is 18.2 Å². The highest BCUT2D eigenvalue weighted by Gasteiger charge is 2.15. The van der Waals surface area contributed by atoms with Gasteiger partial charge in [0.1, 0.15) is 6.10 Å². The maximum Gasteiger partial charge on any atom is 0.335 e. The van der Waals surface area contributed by atoms with Gasteiger partial charge in [-0.05, 0) is 37.6 Å². The van der Waals surface area contributed by atoms with Gasteiger partial charge in [-0.2, -0.15) is 0 Å². The molecule has 0 aromatic heterocycles. The number of aromatic carboxylic acids is 1. The van der Waals surface area contributed by atoms with E-state index in [1.54, 1.807) is 13.0 Å². The summed E-state index contributed by atoms with van der Waals surface area (Å²) in [5, 5.41) is 11.8. The second-order valence-corrected chi connectivity index (χ2v) is 4.86. The van der Waals surface area contributed by atoms with Crippen molar-refractivity contribution in [2.45, 2.75) is 26.6 Å². The number of ether oxygens (including phenoxy) is 3. The van der Waals surface area contributed by atoms with Crippen LogP contribution in [0, 0.1) is 0 Å². The summed E-state index contributed by atoms with van der Waals surface area (Å²) < 4.78 is 15.5. The fourth-order valence-corrected chi connectivity index (χ4v) is 1.89. The normalized spacial score (nSPS) is 12.0. The van der Waals surface area contributed by atoms with Gasteiger partial charge in [0, 0.05) is 19.4 Å². The van der Waals surface area contributed by atoms with E-state index in [4.69, 9.17) is 19.3 Å². The van der Waals surface area contributed by atoms with Crippen molar-refractivity contribution in [3.05, 3.63) is 29.3 Å². The van der Waals surface area contributed by atoms with Crippen molar-refractivity contribution in [2.75, 3.05) is 32.2 Å². The van der Waals surface area contributed by atoms with Gasteiger partial charge in [-0.1, -0.05) is 0 Å². The number of hydrogen-bond donors (Lipinski definition) is 2. The molecule has 128 valence electrons. The van der Waals surface area contributed by atoms with Gasteiger partial charge < -0.3 is 24.6 Å². The average molecular weight is 325 g/mol. The highest BCUT2D eigenvalue weighted by Crippen LogP contribution is 2.16. The van der Waals surface area contributed by atoms with Gasteiger partial charge in [-0.25, -0.2) is 4.79 Å². The van der Waals surface area contributed by atoms with Crippen LogP contribution in [0.2, 0.25) is 0 Å². The summed E-state index contributed by atoms with van der Waals surface area (Å²) in [7, 11) is 1.51. The molecule has 1 rings (SSSR count). The largest absolute Gasteiger partial charge is 0.478 e. The molecule has 0 heterocycles. The molecule has 1 amide bonds. The molecule has 7 nitrogen and oxygen atoms in total. The van der Waals surface area contributed by atoms with E-state index in [1.165, 1.54) is 19.2 Å². The van der Waals surface area contributed by atoms with E-state index < -0.39 is 12.1 Å². The van der Waals surface area contributed by atoms with E-state index in [2.05, 4.69) is 5.32 Å². The molecule has 23 heavy (non-hydrogen) atoms. The molecule has 0 bridgehead atoms. The SMILES string of the molecule is CCOCCOC(C)C(=O)Nc1cc(COC)cc(C(=O)O)c1. The number of hydrogen-bond acceptors (Lipinski definition) is 5. The summed E-state index contributed by atoms with van der Waals surface area (Å²) in [4.78, 5) is 23.2. The lowest BCUT2D eigenvalue weighted by Crippen LogP contribution is -2.29. The van der Waals surface area contributed by atoms with Crippen molar-refractivity contribution < 1.29 is 28.9 Å². The minimum atomic E-state index is -1.07. The first kappa shape index (κ1) is 19.1. The van der Waals surface area contributed by atoms with Crippen molar-refractivity contribution in [2.24, 2.45) is 0 Å². The fourth-order valence-electron chi connectivity index (χ4n) is 1.89. The van der Waals surface area contributed by atoms with Gasteiger partial charge in [0.15, 0.2) is 0 Å². The number of carbonyl (C=O) groups excluding carboxylic acids is 1. The Labute approximate surface area is 135 Å². The third-order valence-electron chi connectivity index (χ3n) is 2.99. The van der Waals surface area contributed by atoms with Crippen molar-refractivity contribution in [1.82, 2.24) is 0 Å². The second-order valence-electron chi connectivity index (χ2n) is 4.86. The third-order valence-corrected chi connectivity index (χ3v) is 2.99. The highest BCUT2D eigenvalue weighted by atomic mass is 16.5. The average Bonchev–Trinajstić information content (AvgIpc) is 2.51. The summed E-state index contributed by atoms with van der Waals surface area (Å²) >= 11 is 0. The number of carbonyl (C=O) groups is 2. The van der Waals surface area contributed by atoms with Crippen LogP contribution in [0.25, 0.3) is 0 Å². The number of benzene rings is 1. The summed E-state index contributed by atoms with van der Waals surface area (Å²) in [6.07, 6.45) is -0.671. The first-order valence-corrected chi connectivity index (χ1v) is 7.34. The number of nitrogens with one attached hydrogen (secondary N) is 1. The lowest BCUT2D eigenvalue weighted by atomic mass is 10.1. The molecule has 1 aromatic rings. The van der Waals surface area contributed by atoms with Crippen molar-refractivity contribution in [3.8, 4) is 0 Å². The minimum absolute atomic E-state index is 0.0831. The van der Waals surface area contributed by atoms with Crippen LogP contribution in [-0.4, -0.2) is 50.0 Å². The molecular formula is C16H23NO6. The molecule has 2 N–H and O–H groups in total. The van der Waals surface area contributed by atoms with Crippen LogP contribution in [-0.2, 0) is 25.6 Å². The zero-order chi connectivity index (χ0) is 17.2. The Bertz CT molecular complexity index is 531. The van der Waals surface area contributed by atoms with Gasteiger partial charge in [-0.15, -0.1) is 0 Å². The van der Waals surface area contributed by atoms with Gasteiger partial charge >= 0.3 is 5.97 Å². The number of carboxylic acid groups (broad SMARTS) is 1. The lowest BCUT2D eigenvalue weighted by molar-refractivity contribution is -0.127. The Kier molecular flexibility index (Phi) is 8.25. The molecule has 0 spiro atoms. The Morgan fingerprint density at radius 3 is 2.61 bits per heavy atom. The van der Waals surface area contributed by atoms with Crippen LogP contribution in [0.1, 0.15) is 29.8 Å². The first-order valence-electron chi connectivity index (χ1n) is 7.34. The van der Waals surface area contributed by atoms with E-state index in [0.717, 1.165) is 0 Å². The van der Waals surface area contributed by atoms with E-state index in [1.807, 2.05) is 6.92 Å². The van der Waals surface area contributed by atoms with E-state index in [-0.39, 0.29) is 18.1 Å². The van der Waals surface area contributed by atoms with Gasteiger partial charge in [0.05, 0.1) is 25.4 Å². The molecule has 1 aromatic carbocycles. The molecular weight excluding hydrogens is 302 g/mol. The third kappa shape index (κ3) is 6.77. The fraction of sp³-hybridized carbons (Fsp3) is 0.500. The first-order chi connectivity index (χ1) is 11.0. The zero-order valence-electron chi connectivity index (χ0n) is 13.6. The van der Waals surface area contributed by atoms with Crippen molar-refractivity contribution in [3.63, 3.8) is 0 Å². The van der Waals surface area contributed by atoms with Gasteiger partial charge in [0.2, 0.25) is 0 Å². The number of anilines is 1. The van der Waals surface area contributed by atoms with Crippen LogP contribution in [0.3, 0.4) is 0 Å². The Morgan fingerprint density at radius 2 is 2.00 bits per heavy atom. The summed E-state index contributed by atoms with van der Waals surface area (Å²) in [5.74, 6) is -1.42. The van der Waals surface area contributed by atoms with Gasteiger partial charge in [0.25, 0.3) is 5.91 Å². The zero-order valence-corrected chi connectivity index (χ0v) is 13.6. The molecule has 0 aliphatic carbocycles. The van der Waals surface area contributed by atoms with Crippen LogP contribution in [0.5, 0.6) is 0 Å². The second kappa shape index (κ2) is 9.94. The summed E-state index contributed by atoms with van der Waals surface area (Å²) in [6.45, 7) is 5.08. The smallest absolute Gasteiger partial charge is 0.335 e. The summed E-state index contributed by atoms with van der Waals surface area (Å²) in [5.41, 5.74) is 1.13. The van der Waals surface area contributed by atoms with E-state index in [9.17, 15) is 9.59 Å². The quantitative estimate of drug-likeness (QED) is 0.638.